The molecule has 1 aliphatic heterocycles. The third-order valence-corrected chi connectivity index (χ3v) is 3.39. The first-order valence-electron chi connectivity index (χ1n) is 4.41. The van der Waals surface area contributed by atoms with Crippen molar-refractivity contribution < 1.29 is 4.18 Å². The highest BCUT2D eigenvalue weighted by atomic mass is 127. The van der Waals surface area contributed by atoms with E-state index in [0.717, 1.165) is 12.5 Å². The molecule has 0 aromatic carbocycles. The van der Waals surface area contributed by atoms with E-state index in [-0.39, 0.29) is 0 Å². The van der Waals surface area contributed by atoms with Crippen LogP contribution >= 0.6 is 30.4 Å². The van der Waals surface area contributed by atoms with Crippen LogP contribution in [0.3, 0.4) is 0 Å². The Balaban J connectivity index is 2.06. The van der Waals surface area contributed by atoms with Crippen molar-refractivity contribution in [2.75, 3.05) is 26.7 Å². The molecule has 4 heteroatoms. The van der Waals surface area contributed by atoms with Gasteiger partial charge in [0.25, 0.3) is 0 Å². The summed E-state index contributed by atoms with van der Waals surface area (Å²) in [4.78, 5) is 2.42. The number of likely N-dealkylation sites (tertiary alicyclic amines) is 1. The van der Waals surface area contributed by atoms with Crippen molar-refractivity contribution in [2.24, 2.45) is 5.92 Å². The van der Waals surface area contributed by atoms with E-state index in [1.165, 1.54) is 41.6 Å². The average molecular weight is 301 g/mol. The monoisotopic (exact) mass is 301 g/mol. The van der Waals surface area contributed by atoms with Gasteiger partial charge in [0, 0.05) is 27.8 Å². The third-order valence-electron chi connectivity index (χ3n) is 2.38. The van der Waals surface area contributed by atoms with E-state index in [1.54, 1.807) is 0 Å². The molecule has 0 saturated carbocycles. The zero-order valence-electron chi connectivity index (χ0n) is 7.46. The van der Waals surface area contributed by atoms with Gasteiger partial charge in [0.15, 0.2) is 0 Å². The highest BCUT2D eigenvalue weighted by molar-refractivity contribution is 14.2. The van der Waals surface area contributed by atoms with Crippen LogP contribution in [0, 0.1) is 5.92 Å². The molecule has 12 heavy (non-hydrogen) atoms. The van der Waals surface area contributed by atoms with Crippen molar-refractivity contribution in [3.63, 3.8) is 0 Å². The van der Waals surface area contributed by atoms with Gasteiger partial charge in [0.05, 0.1) is 15.8 Å². The quantitative estimate of drug-likeness (QED) is 0.450. The van der Waals surface area contributed by atoms with Crippen molar-refractivity contribution in [2.45, 2.75) is 19.3 Å². The molecule has 0 N–H and O–H groups in total. The maximum Gasteiger partial charge on any atom is 0.0650 e. The van der Waals surface area contributed by atoms with Crippen molar-refractivity contribution in [1.29, 1.82) is 0 Å². The third kappa shape index (κ3) is 4.30. The van der Waals surface area contributed by atoms with Crippen LogP contribution in [0.5, 0.6) is 0 Å². The Morgan fingerprint density at radius 1 is 1.67 bits per heavy atom. The molecule has 1 aliphatic rings. The van der Waals surface area contributed by atoms with E-state index in [1.807, 2.05) is 0 Å². The largest absolute Gasteiger partial charge is 0.306 e. The van der Waals surface area contributed by atoms with Crippen LogP contribution in [0.25, 0.3) is 0 Å². The minimum absolute atomic E-state index is 0.868. The summed E-state index contributed by atoms with van der Waals surface area (Å²) in [6, 6.07) is 0. The lowest BCUT2D eigenvalue weighted by Crippen LogP contribution is -2.32. The van der Waals surface area contributed by atoms with Crippen molar-refractivity contribution in [3.05, 3.63) is 0 Å². The van der Waals surface area contributed by atoms with Crippen LogP contribution in [0.15, 0.2) is 0 Å². The number of nitrogens with zero attached hydrogens (tertiary/aromatic N) is 1. The molecule has 0 spiro atoms. The lowest BCUT2D eigenvalue weighted by molar-refractivity contribution is 0.185. The molecule has 1 unspecified atom stereocenters. The molecule has 0 radical (unpaired) electrons. The first kappa shape index (κ1) is 11.1. The fourth-order valence-corrected chi connectivity index (χ4v) is 2.45. The first-order chi connectivity index (χ1) is 5.83. The van der Waals surface area contributed by atoms with Crippen LogP contribution in [0.2, 0.25) is 0 Å². The summed E-state index contributed by atoms with van der Waals surface area (Å²) in [6.45, 7) is 3.44. The van der Waals surface area contributed by atoms with E-state index in [4.69, 9.17) is 4.18 Å². The normalized spacial score (nSPS) is 26.0. The molecule has 1 rings (SSSR count). The van der Waals surface area contributed by atoms with Crippen LogP contribution < -0.4 is 0 Å². The highest BCUT2D eigenvalue weighted by Gasteiger charge is 2.16. The summed E-state index contributed by atoms with van der Waals surface area (Å²) in [7, 11) is 3.66. The Morgan fingerprint density at radius 2 is 2.50 bits per heavy atom. The summed E-state index contributed by atoms with van der Waals surface area (Å²) in [5.41, 5.74) is 0. The van der Waals surface area contributed by atoms with Gasteiger partial charge in [-0.2, -0.15) is 0 Å². The lowest BCUT2D eigenvalue weighted by Gasteiger charge is -2.29. The smallest absolute Gasteiger partial charge is 0.0650 e. The maximum absolute atomic E-state index is 5.26. The Labute approximate surface area is 91.2 Å². The molecule has 0 aromatic rings. The standard InChI is InChI=1S/C8H16INOS/c1-10-5-2-3-8(7-10)4-6-11-12-9/h8H,2-7H2,1H3. The molecule has 0 amide bonds. The molecule has 2 nitrogen and oxygen atoms in total. The molecule has 1 fully saturated rings. The van der Waals surface area contributed by atoms with E-state index >= 15 is 0 Å². The second-order valence-electron chi connectivity index (χ2n) is 3.44. The van der Waals surface area contributed by atoms with Crippen LogP contribution in [0.1, 0.15) is 19.3 Å². The van der Waals surface area contributed by atoms with Gasteiger partial charge >= 0.3 is 0 Å². The Bertz CT molecular complexity index is 126. The second kappa shape index (κ2) is 6.45. The van der Waals surface area contributed by atoms with Crippen molar-refractivity contribution >= 4 is 30.4 Å². The summed E-state index contributed by atoms with van der Waals surface area (Å²) in [6.07, 6.45) is 3.97. The number of halogens is 1. The van der Waals surface area contributed by atoms with Crippen LogP contribution in [0.4, 0.5) is 0 Å². The van der Waals surface area contributed by atoms with Gasteiger partial charge in [-0.25, -0.2) is 0 Å². The predicted octanol–water partition coefficient (Wildman–Crippen LogP) is 2.73. The fraction of sp³-hybridized carbons (Fsp3) is 1.00. The molecule has 1 heterocycles. The summed E-state index contributed by atoms with van der Waals surface area (Å²) < 4.78 is 5.26. The molecule has 0 bridgehead atoms. The van der Waals surface area contributed by atoms with E-state index in [9.17, 15) is 0 Å². The van der Waals surface area contributed by atoms with E-state index < -0.39 is 0 Å². The Hall–Kier alpha value is 1.00. The summed E-state index contributed by atoms with van der Waals surface area (Å²) in [5.74, 6) is 0.868. The molecule has 1 saturated heterocycles. The van der Waals surface area contributed by atoms with Crippen LogP contribution in [-0.4, -0.2) is 31.6 Å². The molecule has 1 atom stereocenters. The van der Waals surface area contributed by atoms with Gasteiger partial charge in [-0.15, -0.1) is 0 Å². The number of hydrogen-bond acceptors (Lipinski definition) is 3. The molecule has 0 aliphatic carbocycles. The molecular weight excluding hydrogens is 285 g/mol. The van der Waals surface area contributed by atoms with Crippen molar-refractivity contribution in [1.82, 2.24) is 4.90 Å². The van der Waals surface area contributed by atoms with Gasteiger partial charge in [0.2, 0.25) is 0 Å². The van der Waals surface area contributed by atoms with Gasteiger partial charge in [-0.3, -0.25) is 0 Å². The fourth-order valence-electron chi connectivity index (χ4n) is 1.76. The average Bonchev–Trinajstić information content (AvgIpc) is 2.05. The molecular formula is C8H16INOS. The molecule has 0 aromatic heterocycles. The van der Waals surface area contributed by atoms with Gasteiger partial charge in [-0.05, 0) is 38.8 Å². The second-order valence-corrected chi connectivity index (χ2v) is 4.88. The topological polar surface area (TPSA) is 12.5 Å². The maximum atomic E-state index is 5.26. The van der Waals surface area contributed by atoms with Gasteiger partial charge in [0.1, 0.15) is 0 Å². The minimum atomic E-state index is 0.868. The highest BCUT2D eigenvalue weighted by Crippen LogP contribution is 2.20. The van der Waals surface area contributed by atoms with Crippen LogP contribution in [-0.2, 0) is 4.18 Å². The zero-order chi connectivity index (χ0) is 8.81. The lowest BCUT2D eigenvalue weighted by atomic mass is 9.96. The van der Waals surface area contributed by atoms with Crippen molar-refractivity contribution in [3.8, 4) is 0 Å². The number of hydrogen-bond donors (Lipinski definition) is 0. The minimum Gasteiger partial charge on any atom is -0.306 e. The van der Waals surface area contributed by atoms with Gasteiger partial charge in [-0.1, -0.05) is 0 Å². The van der Waals surface area contributed by atoms with E-state index in [0.29, 0.717) is 0 Å². The zero-order valence-corrected chi connectivity index (χ0v) is 10.4. The predicted molar refractivity (Wildman–Crippen MR) is 62.4 cm³/mol. The summed E-state index contributed by atoms with van der Waals surface area (Å²) in [5, 5.41) is 0. The van der Waals surface area contributed by atoms with Gasteiger partial charge < -0.3 is 9.08 Å². The number of rotatable bonds is 4. The number of piperidine rings is 1. The Morgan fingerprint density at radius 3 is 3.17 bits per heavy atom. The first-order valence-corrected chi connectivity index (χ1v) is 7.70. The summed E-state index contributed by atoms with van der Waals surface area (Å²) >= 11 is 2.17. The Kier molecular flexibility index (Phi) is 5.96. The molecule has 72 valence electrons. The SMILES string of the molecule is CN1CCCC(CCOSI)C1. The van der Waals surface area contributed by atoms with E-state index in [2.05, 4.69) is 33.2 Å².